The summed E-state index contributed by atoms with van der Waals surface area (Å²) in [5, 5.41) is 33.4. The maximum atomic E-state index is 13.9. The number of fused-ring (bicyclic) bond motifs is 1. The van der Waals surface area contributed by atoms with Gasteiger partial charge in [0.15, 0.2) is 22.9 Å². The number of methoxy groups -OCH3 is 1. The minimum Gasteiger partial charge on any atom is -0.502 e. The predicted octanol–water partition coefficient (Wildman–Crippen LogP) is 2.27. The summed E-state index contributed by atoms with van der Waals surface area (Å²) in [5.41, 5.74) is -1.99. The van der Waals surface area contributed by atoms with Crippen LogP contribution in [0, 0.1) is 20.2 Å². The summed E-state index contributed by atoms with van der Waals surface area (Å²) in [7, 11) is 1.21. The standard InChI is InChI=1S/C28H26N4O12S/c1-5-42-20-10-15(7-8-19(20)44-13-22(33)41-4)24-23(27(36)43-6-2)14(3)29-28-30(24)26(35)21(45-28)11-16-9-17(31(37)38)12-18(25(16)34)32(39)40/h7-12,24,34H,5-6,13H2,1-4H3/b21-11-/t24-/m0/s1. The fourth-order valence-electron chi connectivity index (χ4n) is 4.51. The molecule has 0 aliphatic carbocycles. The van der Waals surface area contributed by atoms with Crippen LogP contribution in [0.3, 0.4) is 0 Å². The fourth-order valence-corrected chi connectivity index (χ4v) is 5.54. The average molecular weight is 643 g/mol. The number of carbonyl (C=O) groups is 2. The Hall–Kier alpha value is -5.58. The van der Waals surface area contributed by atoms with Gasteiger partial charge < -0.3 is 24.1 Å². The van der Waals surface area contributed by atoms with Crippen LogP contribution in [-0.4, -0.2) is 58.4 Å². The Kier molecular flexibility index (Phi) is 9.61. The monoisotopic (exact) mass is 642 g/mol. The van der Waals surface area contributed by atoms with E-state index in [0.717, 1.165) is 23.5 Å². The molecule has 2 aromatic carbocycles. The number of phenols is 1. The van der Waals surface area contributed by atoms with Crippen molar-refractivity contribution in [1.29, 1.82) is 0 Å². The number of nitrogens with zero attached hydrogens (tertiary/aromatic N) is 4. The summed E-state index contributed by atoms with van der Waals surface area (Å²) in [6.07, 6.45) is 1.08. The molecule has 0 amide bonds. The maximum Gasteiger partial charge on any atom is 0.343 e. The summed E-state index contributed by atoms with van der Waals surface area (Å²) >= 11 is 0.839. The zero-order valence-electron chi connectivity index (χ0n) is 24.3. The van der Waals surface area contributed by atoms with Gasteiger partial charge in [-0.1, -0.05) is 17.4 Å². The van der Waals surface area contributed by atoms with E-state index >= 15 is 0 Å². The second-order valence-corrected chi connectivity index (χ2v) is 10.2. The smallest absolute Gasteiger partial charge is 0.343 e. The van der Waals surface area contributed by atoms with E-state index in [9.17, 15) is 39.7 Å². The molecule has 0 saturated heterocycles. The van der Waals surface area contributed by atoms with Gasteiger partial charge in [0, 0.05) is 11.6 Å². The molecule has 4 rings (SSSR count). The highest BCUT2D eigenvalue weighted by Gasteiger charge is 2.34. The number of non-ortho nitro benzene ring substituents is 1. The first-order valence-corrected chi connectivity index (χ1v) is 14.0. The van der Waals surface area contributed by atoms with Crippen LogP contribution >= 0.6 is 11.3 Å². The minimum atomic E-state index is -1.11. The zero-order valence-corrected chi connectivity index (χ0v) is 25.1. The van der Waals surface area contributed by atoms with Crippen LogP contribution in [0.1, 0.15) is 37.9 Å². The first-order valence-electron chi connectivity index (χ1n) is 13.2. The molecule has 45 heavy (non-hydrogen) atoms. The van der Waals surface area contributed by atoms with Gasteiger partial charge in [-0.2, -0.15) is 0 Å². The summed E-state index contributed by atoms with van der Waals surface area (Å²) in [5.74, 6) is -1.85. The molecule has 0 radical (unpaired) electrons. The predicted molar refractivity (Wildman–Crippen MR) is 157 cm³/mol. The van der Waals surface area contributed by atoms with Crippen molar-refractivity contribution in [2.24, 2.45) is 4.99 Å². The van der Waals surface area contributed by atoms with E-state index in [2.05, 4.69) is 9.73 Å². The van der Waals surface area contributed by atoms with Gasteiger partial charge in [-0.3, -0.25) is 29.6 Å². The topological polar surface area (TPSA) is 212 Å². The number of ether oxygens (including phenoxy) is 4. The lowest BCUT2D eigenvalue weighted by Crippen LogP contribution is -2.40. The van der Waals surface area contributed by atoms with Gasteiger partial charge in [-0.25, -0.2) is 14.6 Å². The number of esters is 2. The number of hydrogen-bond acceptors (Lipinski definition) is 14. The molecule has 0 unspecified atom stereocenters. The van der Waals surface area contributed by atoms with Gasteiger partial charge >= 0.3 is 17.6 Å². The molecule has 0 saturated carbocycles. The Morgan fingerprint density at radius 1 is 1.09 bits per heavy atom. The largest absolute Gasteiger partial charge is 0.502 e. The van der Waals surface area contributed by atoms with E-state index in [1.807, 2.05) is 0 Å². The first kappa shape index (κ1) is 32.3. The molecule has 1 aliphatic heterocycles. The van der Waals surface area contributed by atoms with E-state index < -0.39 is 57.1 Å². The highest BCUT2D eigenvalue weighted by Crippen LogP contribution is 2.37. The van der Waals surface area contributed by atoms with Crippen LogP contribution in [-0.2, 0) is 19.1 Å². The van der Waals surface area contributed by atoms with Crippen LogP contribution in [0.5, 0.6) is 17.2 Å². The number of thiazole rings is 1. The molecule has 3 aromatic rings. The molecule has 1 aliphatic rings. The number of allylic oxidation sites excluding steroid dienone is 1. The lowest BCUT2D eigenvalue weighted by atomic mass is 9.95. The summed E-state index contributed by atoms with van der Waals surface area (Å²) < 4.78 is 22.3. The third-order valence-electron chi connectivity index (χ3n) is 6.47. The zero-order chi connectivity index (χ0) is 33.0. The van der Waals surface area contributed by atoms with Gasteiger partial charge in [0.25, 0.3) is 11.2 Å². The quantitative estimate of drug-likeness (QED) is 0.181. The van der Waals surface area contributed by atoms with Crippen molar-refractivity contribution in [3.8, 4) is 17.2 Å². The second kappa shape index (κ2) is 13.4. The molecule has 2 heterocycles. The molecule has 16 nitrogen and oxygen atoms in total. The van der Waals surface area contributed by atoms with Crippen molar-refractivity contribution < 1.29 is 43.5 Å². The molecular weight excluding hydrogens is 616 g/mol. The van der Waals surface area contributed by atoms with E-state index in [0.29, 0.717) is 11.6 Å². The summed E-state index contributed by atoms with van der Waals surface area (Å²) in [6, 6.07) is 4.99. The number of carbonyl (C=O) groups excluding carboxylic acids is 2. The molecule has 0 bridgehead atoms. The number of aromatic nitrogens is 1. The molecule has 0 fully saturated rings. The fraction of sp³-hybridized carbons (Fsp3) is 0.286. The Morgan fingerprint density at radius 3 is 2.44 bits per heavy atom. The number of benzene rings is 2. The number of aromatic hydroxyl groups is 1. The summed E-state index contributed by atoms with van der Waals surface area (Å²) in [4.78, 5) is 64.4. The molecule has 1 atom stereocenters. The van der Waals surface area contributed by atoms with Gasteiger partial charge in [0.2, 0.25) is 5.75 Å². The number of rotatable bonds is 11. The summed E-state index contributed by atoms with van der Waals surface area (Å²) in [6.45, 7) is 4.73. The number of nitro benzene ring substituents is 2. The molecular formula is C28H26N4O12S. The van der Waals surface area contributed by atoms with Crippen LogP contribution in [0.25, 0.3) is 6.08 Å². The van der Waals surface area contributed by atoms with Crippen LogP contribution in [0.2, 0.25) is 0 Å². The molecule has 236 valence electrons. The van der Waals surface area contributed by atoms with Crippen molar-refractivity contribution in [3.63, 3.8) is 0 Å². The van der Waals surface area contributed by atoms with E-state index in [1.54, 1.807) is 26.8 Å². The third kappa shape index (κ3) is 6.52. The highest BCUT2D eigenvalue weighted by molar-refractivity contribution is 7.07. The van der Waals surface area contributed by atoms with Gasteiger partial charge in [0.1, 0.15) is 0 Å². The first-order chi connectivity index (χ1) is 21.4. The normalized spacial score (nSPS) is 14.3. The Balaban J connectivity index is 1.96. The van der Waals surface area contributed by atoms with Crippen LogP contribution in [0.4, 0.5) is 11.4 Å². The van der Waals surface area contributed by atoms with E-state index in [-0.39, 0.29) is 50.9 Å². The number of phenolic OH excluding ortho intramolecular Hbond substituents is 1. The molecule has 1 aromatic heterocycles. The van der Waals surface area contributed by atoms with E-state index in [1.165, 1.54) is 23.8 Å². The Bertz CT molecular complexity index is 1930. The maximum absolute atomic E-state index is 13.9. The lowest BCUT2D eigenvalue weighted by Gasteiger charge is -2.25. The van der Waals surface area contributed by atoms with Crippen molar-refractivity contribution in [1.82, 2.24) is 4.57 Å². The minimum absolute atomic E-state index is 0.0299. The molecule has 1 N–H and O–H groups in total. The second-order valence-electron chi connectivity index (χ2n) is 9.22. The number of nitro groups is 2. The van der Waals surface area contributed by atoms with Crippen molar-refractivity contribution in [3.05, 3.63) is 92.6 Å². The van der Waals surface area contributed by atoms with Crippen molar-refractivity contribution in [2.75, 3.05) is 26.9 Å². The van der Waals surface area contributed by atoms with Crippen molar-refractivity contribution in [2.45, 2.75) is 26.8 Å². The van der Waals surface area contributed by atoms with Crippen LogP contribution < -0.4 is 24.4 Å². The molecule has 0 spiro atoms. The van der Waals surface area contributed by atoms with Gasteiger partial charge in [-0.15, -0.1) is 0 Å². The Morgan fingerprint density at radius 2 is 1.82 bits per heavy atom. The average Bonchev–Trinajstić information content (AvgIpc) is 3.30. The highest BCUT2D eigenvalue weighted by atomic mass is 32.1. The van der Waals surface area contributed by atoms with Crippen LogP contribution in [0.15, 0.2) is 51.4 Å². The number of hydrogen-bond donors (Lipinski definition) is 1. The lowest BCUT2D eigenvalue weighted by molar-refractivity contribution is -0.394. The Labute approximate surface area is 257 Å². The SMILES string of the molecule is CCOC(=O)C1=C(C)N=c2s/c(=C\c3cc([N+](=O)[O-])cc([N+](=O)[O-])c3O)c(=O)n2[C@H]1c1ccc(OCC(=O)OC)c(OCC)c1. The van der Waals surface area contributed by atoms with Gasteiger partial charge in [0.05, 0.1) is 58.1 Å². The van der Waals surface area contributed by atoms with Gasteiger partial charge in [-0.05, 0) is 44.5 Å². The molecule has 17 heteroatoms. The van der Waals surface area contributed by atoms with Crippen molar-refractivity contribution >= 4 is 40.7 Å². The van der Waals surface area contributed by atoms with E-state index in [4.69, 9.17) is 14.2 Å². The third-order valence-corrected chi connectivity index (χ3v) is 7.45.